The molecule has 0 saturated heterocycles. The molecule has 18 heavy (non-hydrogen) atoms. The molecule has 3 atom stereocenters. The van der Waals surface area contributed by atoms with Gasteiger partial charge in [-0.3, -0.25) is 4.79 Å². The van der Waals surface area contributed by atoms with Gasteiger partial charge >= 0.3 is 0 Å². The summed E-state index contributed by atoms with van der Waals surface area (Å²) >= 11 is 0. The van der Waals surface area contributed by atoms with Crippen LogP contribution in [0.2, 0.25) is 0 Å². The molecule has 0 aliphatic heterocycles. The topological polar surface area (TPSA) is 81.1 Å². The van der Waals surface area contributed by atoms with Crippen LogP contribution in [0.1, 0.15) is 37.0 Å². The lowest BCUT2D eigenvalue weighted by Crippen LogP contribution is -2.24. The van der Waals surface area contributed by atoms with Crippen LogP contribution in [0.15, 0.2) is 18.2 Å². The van der Waals surface area contributed by atoms with E-state index in [1.807, 2.05) is 0 Å². The van der Waals surface area contributed by atoms with E-state index in [0.717, 1.165) is 18.0 Å². The van der Waals surface area contributed by atoms with E-state index in [1.165, 1.54) is 6.42 Å². The smallest absolute Gasteiger partial charge is 0.248 e. The average molecular weight is 247 g/mol. The number of anilines is 2. The largest absolute Gasteiger partial charge is 0.397 e. The number of benzene rings is 1. The first kappa shape index (κ1) is 12.7. The van der Waals surface area contributed by atoms with Crippen molar-refractivity contribution in [2.45, 2.75) is 32.7 Å². The zero-order valence-corrected chi connectivity index (χ0v) is 10.9. The molecule has 1 amide bonds. The van der Waals surface area contributed by atoms with Crippen LogP contribution in [-0.2, 0) is 0 Å². The number of rotatable bonds is 3. The monoisotopic (exact) mass is 247 g/mol. The van der Waals surface area contributed by atoms with Crippen molar-refractivity contribution in [3.63, 3.8) is 0 Å². The highest BCUT2D eigenvalue weighted by Gasteiger charge is 2.29. The van der Waals surface area contributed by atoms with E-state index in [9.17, 15) is 4.79 Å². The molecule has 1 aromatic rings. The fourth-order valence-electron chi connectivity index (χ4n) is 2.60. The molecule has 4 nitrogen and oxygen atoms in total. The van der Waals surface area contributed by atoms with Gasteiger partial charge in [-0.05, 0) is 42.9 Å². The maximum absolute atomic E-state index is 11.2. The van der Waals surface area contributed by atoms with Crippen molar-refractivity contribution in [1.82, 2.24) is 0 Å². The summed E-state index contributed by atoms with van der Waals surface area (Å²) in [4.78, 5) is 11.2. The van der Waals surface area contributed by atoms with Gasteiger partial charge in [0, 0.05) is 11.6 Å². The highest BCUT2D eigenvalue weighted by atomic mass is 16.1. The molecule has 0 radical (unpaired) electrons. The van der Waals surface area contributed by atoms with Crippen LogP contribution in [0.4, 0.5) is 11.4 Å². The Morgan fingerprint density at radius 1 is 1.33 bits per heavy atom. The van der Waals surface area contributed by atoms with Crippen molar-refractivity contribution >= 4 is 17.3 Å². The van der Waals surface area contributed by atoms with Crippen molar-refractivity contribution in [2.24, 2.45) is 17.6 Å². The molecular weight excluding hydrogens is 226 g/mol. The number of carbonyl (C=O) groups excluding carboxylic acids is 1. The van der Waals surface area contributed by atoms with Gasteiger partial charge in [0.15, 0.2) is 0 Å². The van der Waals surface area contributed by atoms with Gasteiger partial charge in [0.25, 0.3) is 0 Å². The van der Waals surface area contributed by atoms with E-state index < -0.39 is 5.91 Å². The molecule has 5 N–H and O–H groups in total. The van der Waals surface area contributed by atoms with Crippen molar-refractivity contribution in [3.8, 4) is 0 Å². The Morgan fingerprint density at radius 3 is 2.61 bits per heavy atom. The Labute approximate surface area is 108 Å². The Balaban J connectivity index is 2.18. The van der Waals surface area contributed by atoms with Gasteiger partial charge in [-0.1, -0.05) is 13.8 Å². The Bertz CT molecular complexity index is 458. The minimum atomic E-state index is -0.425. The standard InChI is InChI=1S/C14H21N3O/c1-8-3-6-12(9(8)2)17-13-7-10(14(16)18)4-5-11(13)15/h4-5,7-9,12,17H,3,6,15H2,1-2H3,(H2,16,18). The Hall–Kier alpha value is -1.71. The maximum Gasteiger partial charge on any atom is 0.248 e. The summed E-state index contributed by atoms with van der Waals surface area (Å²) in [5.74, 6) is 0.913. The van der Waals surface area contributed by atoms with Gasteiger partial charge in [0.1, 0.15) is 0 Å². The second kappa shape index (κ2) is 4.88. The van der Waals surface area contributed by atoms with Gasteiger partial charge < -0.3 is 16.8 Å². The van der Waals surface area contributed by atoms with Gasteiger partial charge in [-0.25, -0.2) is 0 Å². The van der Waals surface area contributed by atoms with Crippen LogP contribution in [0.5, 0.6) is 0 Å². The summed E-state index contributed by atoms with van der Waals surface area (Å²) in [6.45, 7) is 4.53. The molecule has 0 spiro atoms. The zero-order chi connectivity index (χ0) is 13.3. The Morgan fingerprint density at radius 2 is 2.06 bits per heavy atom. The molecule has 2 rings (SSSR count). The van der Waals surface area contributed by atoms with E-state index >= 15 is 0 Å². The highest BCUT2D eigenvalue weighted by Crippen LogP contribution is 2.34. The molecule has 1 aliphatic rings. The van der Waals surface area contributed by atoms with Crippen LogP contribution in [0, 0.1) is 11.8 Å². The van der Waals surface area contributed by atoms with E-state index in [4.69, 9.17) is 11.5 Å². The first-order chi connectivity index (χ1) is 8.49. The first-order valence-corrected chi connectivity index (χ1v) is 6.45. The van der Waals surface area contributed by atoms with Gasteiger partial charge in [0.2, 0.25) is 5.91 Å². The van der Waals surface area contributed by atoms with Crippen LogP contribution in [0.3, 0.4) is 0 Å². The second-order valence-corrected chi connectivity index (χ2v) is 5.33. The highest BCUT2D eigenvalue weighted by molar-refractivity contribution is 5.94. The summed E-state index contributed by atoms with van der Waals surface area (Å²) < 4.78 is 0. The number of carbonyl (C=O) groups is 1. The molecule has 4 heteroatoms. The van der Waals surface area contributed by atoms with Crippen molar-refractivity contribution < 1.29 is 4.79 Å². The summed E-state index contributed by atoms with van der Waals surface area (Å²) in [7, 11) is 0. The average Bonchev–Trinajstić information content (AvgIpc) is 2.63. The molecule has 0 bridgehead atoms. The number of primary amides is 1. The predicted octanol–water partition coefficient (Wildman–Crippen LogP) is 2.21. The van der Waals surface area contributed by atoms with E-state index in [0.29, 0.717) is 23.2 Å². The fourth-order valence-corrected chi connectivity index (χ4v) is 2.60. The molecule has 1 aromatic carbocycles. The van der Waals surface area contributed by atoms with Crippen LogP contribution in [0.25, 0.3) is 0 Å². The van der Waals surface area contributed by atoms with Crippen LogP contribution in [-0.4, -0.2) is 11.9 Å². The third kappa shape index (κ3) is 2.42. The molecule has 1 saturated carbocycles. The molecule has 0 aromatic heterocycles. The normalized spacial score (nSPS) is 27.1. The Kier molecular flexibility index (Phi) is 3.45. The van der Waals surface area contributed by atoms with Crippen molar-refractivity contribution in [1.29, 1.82) is 0 Å². The quantitative estimate of drug-likeness (QED) is 0.716. The summed E-state index contributed by atoms with van der Waals surface area (Å²) in [5, 5.41) is 3.45. The maximum atomic E-state index is 11.2. The summed E-state index contributed by atoms with van der Waals surface area (Å²) in [6, 6.07) is 5.55. The van der Waals surface area contributed by atoms with Gasteiger partial charge in [0.05, 0.1) is 11.4 Å². The van der Waals surface area contributed by atoms with E-state index in [-0.39, 0.29) is 0 Å². The lowest BCUT2D eigenvalue weighted by atomic mass is 9.97. The second-order valence-electron chi connectivity index (χ2n) is 5.33. The minimum Gasteiger partial charge on any atom is -0.397 e. The van der Waals surface area contributed by atoms with Crippen LogP contribution < -0.4 is 16.8 Å². The molecule has 0 heterocycles. The molecule has 98 valence electrons. The van der Waals surface area contributed by atoms with E-state index in [1.54, 1.807) is 18.2 Å². The third-order valence-corrected chi connectivity index (χ3v) is 4.14. The molecular formula is C14H21N3O. The number of nitrogens with one attached hydrogen (secondary N) is 1. The van der Waals surface area contributed by atoms with Crippen molar-refractivity contribution in [2.75, 3.05) is 11.1 Å². The van der Waals surface area contributed by atoms with Gasteiger partial charge in [-0.2, -0.15) is 0 Å². The lowest BCUT2D eigenvalue weighted by Gasteiger charge is -2.22. The molecule has 1 fully saturated rings. The number of hydrogen-bond acceptors (Lipinski definition) is 3. The van der Waals surface area contributed by atoms with Crippen LogP contribution >= 0.6 is 0 Å². The predicted molar refractivity (Wildman–Crippen MR) is 74.3 cm³/mol. The third-order valence-electron chi connectivity index (χ3n) is 4.14. The van der Waals surface area contributed by atoms with Gasteiger partial charge in [-0.15, -0.1) is 0 Å². The lowest BCUT2D eigenvalue weighted by molar-refractivity contribution is 0.100. The minimum absolute atomic E-state index is 0.422. The first-order valence-electron chi connectivity index (χ1n) is 6.45. The number of amides is 1. The summed E-state index contributed by atoms with van der Waals surface area (Å²) in [5.41, 5.74) is 13.2. The zero-order valence-electron chi connectivity index (χ0n) is 10.9. The number of nitrogens with two attached hydrogens (primary N) is 2. The summed E-state index contributed by atoms with van der Waals surface area (Å²) in [6.07, 6.45) is 2.37. The number of hydrogen-bond donors (Lipinski definition) is 3. The number of nitrogen functional groups attached to an aromatic ring is 1. The van der Waals surface area contributed by atoms with E-state index in [2.05, 4.69) is 19.2 Å². The fraction of sp³-hybridized carbons (Fsp3) is 0.500. The molecule has 3 unspecified atom stereocenters. The van der Waals surface area contributed by atoms with Crippen molar-refractivity contribution in [3.05, 3.63) is 23.8 Å². The molecule has 1 aliphatic carbocycles. The SMILES string of the molecule is CC1CCC(Nc2cc(C(N)=O)ccc2N)C1C.